The molecule has 64 valence electrons. The molecule has 0 fully saturated rings. The van der Waals surface area contributed by atoms with Crippen molar-refractivity contribution in [1.82, 2.24) is 0 Å². The Bertz CT molecular complexity index is 308. The Morgan fingerprint density at radius 1 is 1.46 bits per heavy atom. The highest BCUT2D eigenvalue weighted by Crippen LogP contribution is 2.04. The van der Waals surface area contributed by atoms with Gasteiger partial charge in [0, 0.05) is 5.56 Å². The van der Waals surface area contributed by atoms with Crippen LogP contribution in [0.4, 0.5) is 0 Å². The second-order valence-electron chi connectivity index (χ2n) is 3.65. The van der Waals surface area contributed by atoms with Crippen LogP contribution >= 0.6 is 0 Å². The standard InChI is InChI=1S/C10H12B2O/c1-12(2)7-10(13)8-4-3-5-9(11)6-8/h3-6H,7H2,1-2H3. The maximum absolute atomic E-state index is 11.6. The Morgan fingerprint density at radius 3 is 2.69 bits per heavy atom. The molecule has 0 aliphatic carbocycles. The van der Waals surface area contributed by atoms with Crippen LogP contribution in [0.5, 0.6) is 0 Å². The van der Waals surface area contributed by atoms with Crippen LogP contribution in [0.25, 0.3) is 0 Å². The van der Waals surface area contributed by atoms with E-state index in [0.29, 0.717) is 24.1 Å². The largest absolute Gasteiger partial charge is 0.295 e. The summed E-state index contributed by atoms with van der Waals surface area (Å²) < 4.78 is 0. The van der Waals surface area contributed by atoms with Gasteiger partial charge >= 0.3 is 0 Å². The van der Waals surface area contributed by atoms with Crippen molar-refractivity contribution in [3.8, 4) is 0 Å². The van der Waals surface area contributed by atoms with Gasteiger partial charge in [-0.1, -0.05) is 43.4 Å². The van der Waals surface area contributed by atoms with Crippen LogP contribution in [-0.2, 0) is 0 Å². The number of benzene rings is 1. The first kappa shape index (κ1) is 10.1. The fourth-order valence-corrected chi connectivity index (χ4v) is 1.20. The van der Waals surface area contributed by atoms with Crippen LogP contribution in [0.2, 0.25) is 20.0 Å². The summed E-state index contributed by atoms with van der Waals surface area (Å²) in [6, 6.07) is 7.13. The first-order valence-electron chi connectivity index (χ1n) is 4.48. The van der Waals surface area contributed by atoms with Crippen molar-refractivity contribution >= 4 is 25.8 Å². The maximum atomic E-state index is 11.6. The Labute approximate surface area is 81.0 Å². The minimum atomic E-state index is 0.169. The van der Waals surface area contributed by atoms with Crippen molar-refractivity contribution < 1.29 is 4.79 Å². The maximum Gasteiger partial charge on any atom is 0.155 e. The molecule has 2 radical (unpaired) electrons. The van der Waals surface area contributed by atoms with Gasteiger partial charge in [-0.15, -0.1) is 0 Å². The summed E-state index contributed by atoms with van der Waals surface area (Å²) in [6.45, 7) is 4.46. The van der Waals surface area contributed by atoms with Crippen LogP contribution in [0.3, 0.4) is 0 Å². The van der Waals surface area contributed by atoms with Gasteiger partial charge in [-0.25, -0.2) is 0 Å². The van der Waals surface area contributed by atoms with Gasteiger partial charge in [0.2, 0.25) is 0 Å². The topological polar surface area (TPSA) is 17.1 Å². The summed E-state index contributed by atoms with van der Waals surface area (Å²) >= 11 is 0. The minimum Gasteiger partial charge on any atom is -0.295 e. The van der Waals surface area contributed by atoms with Crippen molar-refractivity contribution in [3.05, 3.63) is 29.8 Å². The molecule has 0 unspecified atom stereocenters. The summed E-state index contributed by atoms with van der Waals surface area (Å²) in [5.74, 6) is 0.169. The van der Waals surface area contributed by atoms with Gasteiger partial charge < -0.3 is 0 Å². The predicted molar refractivity (Wildman–Crippen MR) is 58.4 cm³/mol. The van der Waals surface area contributed by atoms with E-state index in [2.05, 4.69) is 0 Å². The van der Waals surface area contributed by atoms with Crippen LogP contribution in [0.1, 0.15) is 10.4 Å². The summed E-state index contributed by atoms with van der Waals surface area (Å²) in [7, 11) is 5.57. The molecular weight excluding hydrogens is 158 g/mol. The van der Waals surface area contributed by atoms with Crippen LogP contribution in [0, 0.1) is 0 Å². The van der Waals surface area contributed by atoms with E-state index in [1.54, 1.807) is 18.2 Å². The van der Waals surface area contributed by atoms with Gasteiger partial charge in [-0.3, -0.25) is 4.79 Å². The van der Waals surface area contributed by atoms with Crippen LogP contribution in [0.15, 0.2) is 24.3 Å². The molecule has 0 N–H and O–H groups in total. The van der Waals surface area contributed by atoms with Gasteiger partial charge in [0.15, 0.2) is 5.78 Å². The average Bonchev–Trinajstić information content (AvgIpc) is 2.03. The molecular formula is C10H12B2O. The van der Waals surface area contributed by atoms with E-state index in [1.165, 1.54) is 0 Å². The SMILES string of the molecule is [B]c1cccc(C(=O)CB(C)C)c1. The molecule has 3 heteroatoms. The summed E-state index contributed by atoms with van der Waals surface area (Å²) in [5.41, 5.74) is 1.36. The molecule has 13 heavy (non-hydrogen) atoms. The number of hydrogen-bond acceptors (Lipinski definition) is 1. The number of rotatable bonds is 3. The van der Waals surface area contributed by atoms with Crippen molar-refractivity contribution in [2.24, 2.45) is 0 Å². The Kier molecular flexibility index (Phi) is 3.35. The highest BCUT2D eigenvalue weighted by molar-refractivity contribution is 6.60. The zero-order valence-corrected chi connectivity index (χ0v) is 8.08. The third-order valence-corrected chi connectivity index (χ3v) is 1.80. The van der Waals surface area contributed by atoms with Gasteiger partial charge in [0.25, 0.3) is 0 Å². The predicted octanol–water partition coefficient (Wildman–Crippen LogP) is 1.42. The molecule has 0 aliphatic heterocycles. The number of carbonyl (C=O) groups is 1. The zero-order valence-electron chi connectivity index (χ0n) is 8.08. The van der Waals surface area contributed by atoms with Crippen molar-refractivity contribution in [3.63, 3.8) is 0 Å². The fraction of sp³-hybridized carbons (Fsp3) is 0.300. The van der Waals surface area contributed by atoms with Crippen LogP contribution < -0.4 is 5.46 Å². The molecule has 0 atom stereocenters. The minimum absolute atomic E-state index is 0.169. The molecule has 0 aliphatic rings. The summed E-state index contributed by atoms with van der Waals surface area (Å²) in [6.07, 6.45) is 0.587. The number of Topliss-reactive ketones (excluding diaryl/α,β-unsaturated/α-hetero) is 1. The highest BCUT2D eigenvalue weighted by Gasteiger charge is 2.09. The lowest BCUT2D eigenvalue weighted by molar-refractivity contribution is 0.101. The Morgan fingerprint density at radius 2 is 2.15 bits per heavy atom. The Hall–Kier alpha value is -0.980. The first-order valence-corrected chi connectivity index (χ1v) is 4.48. The molecule has 0 amide bonds. The Balaban J connectivity index is 2.77. The fourth-order valence-electron chi connectivity index (χ4n) is 1.20. The van der Waals surface area contributed by atoms with Gasteiger partial charge in [0.1, 0.15) is 14.6 Å². The molecule has 0 saturated heterocycles. The number of ketones is 1. The van der Waals surface area contributed by atoms with Gasteiger partial charge in [-0.05, 0) is 6.32 Å². The third kappa shape index (κ3) is 3.10. The smallest absolute Gasteiger partial charge is 0.155 e. The van der Waals surface area contributed by atoms with Gasteiger partial charge in [0.05, 0.1) is 0 Å². The lowest BCUT2D eigenvalue weighted by Crippen LogP contribution is -2.12. The number of hydrogen-bond donors (Lipinski definition) is 0. The molecule has 0 saturated carbocycles. The second kappa shape index (κ2) is 4.31. The monoisotopic (exact) mass is 170 g/mol. The lowest BCUT2D eigenvalue weighted by Gasteiger charge is -2.02. The van der Waals surface area contributed by atoms with Crippen molar-refractivity contribution in [2.45, 2.75) is 20.0 Å². The zero-order chi connectivity index (χ0) is 9.84. The van der Waals surface area contributed by atoms with Crippen molar-refractivity contribution in [2.75, 3.05) is 0 Å². The van der Waals surface area contributed by atoms with E-state index in [0.717, 1.165) is 0 Å². The van der Waals surface area contributed by atoms with E-state index in [9.17, 15) is 4.79 Å². The normalized spacial score (nSPS) is 9.69. The van der Waals surface area contributed by atoms with Crippen molar-refractivity contribution in [1.29, 1.82) is 0 Å². The van der Waals surface area contributed by atoms with E-state index < -0.39 is 0 Å². The summed E-state index contributed by atoms with van der Waals surface area (Å²) in [5, 5.41) is 0. The van der Waals surface area contributed by atoms with E-state index in [1.807, 2.05) is 19.7 Å². The van der Waals surface area contributed by atoms with E-state index in [-0.39, 0.29) is 5.78 Å². The van der Waals surface area contributed by atoms with Gasteiger partial charge in [-0.2, -0.15) is 0 Å². The van der Waals surface area contributed by atoms with E-state index >= 15 is 0 Å². The average molecular weight is 170 g/mol. The highest BCUT2D eigenvalue weighted by atomic mass is 16.1. The molecule has 0 heterocycles. The summed E-state index contributed by atoms with van der Waals surface area (Å²) in [4.78, 5) is 11.6. The molecule has 1 rings (SSSR count). The molecule has 0 aromatic heterocycles. The molecule has 0 bridgehead atoms. The number of carbonyl (C=O) groups excluding carboxylic acids is 1. The van der Waals surface area contributed by atoms with E-state index in [4.69, 9.17) is 7.85 Å². The molecule has 1 aromatic rings. The third-order valence-electron chi connectivity index (χ3n) is 1.80. The second-order valence-corrected chi connectivity index (χ2v) is 3.65. The lowest BCUT2D eigenvalue weighted by atomic mass is 9.51. The first-order chi connectivity index (χ1) is 6.09. The van der Waals surface area contributed by atoms with Crippen LogP contribution in [-0.4, -0.2) is 20.3 Å². The quantitative estimate of drug-likeness (QED) is 0.494. The molecule has 1 aromatic carbocycles. The molecule has 0 spiro atoms. The molecule has 1 nitrogen and oxygen atoms in total.